The summed E-state index contributed by atoms with van der Waals surface area (Å²) in [4.78, 5) is 14.0. The summed E-state index contributed by atoms with van der Waals surface area (Å²) in [6.07, 6.45) is 2.88. The number of rotatable bonds is 5. The van der Waals surface area contributed by atoms with Gasteiger partial charge in [-0.15, -0.1) is 0 Å². The van der Waals surface area contributed by atoms with Crippen LogP contribution in [0.2, 0.25) is 5.02 Å². The summed E-state index contributed by atoms with van der Waals surface area (Å²) >= 11 is 6.19. The van der Waals surface area contributed by atoms with Crippen LogP contribution in [0.25, 0.3) is 11.0 Å². The van der Waals surface area contributed by atoms with Crippen LogP contribution in [0.15, 0.2) is 39.5 Å². The summed E-state index contributed by atoms with van der Waals surface area (Å²) in [5.41, 5.74) is 3.55. The Labute approximate surface area is 173 Å². The predicted octanol–water partition coefficient (Wildman–Crippen LogP) is 5.59. The number of hydrogen-bond donors (Lipinski definition) is 0. The number of nitrogens with zero attached hydrogens (tertiary/aromatic N) is 1. The zero-order valence-corrected chi connectivity index (χ0v) is 17.3. The Morgan fingerprint density at radius 2 is 2.10 bits per heavy atom. The zero-order chi connectivity index (χ0) is 20.5. The Bertz CT molecular complexity index is 1110. The Morgan fingerprint density at radius 1 is 1.28 bits per heavy atom. The maximum atomic E-state index is 14.2. The van der Waals surface area contributed by atoms with Gasteiger partial charge >= 0.3 is 5.63 Å². The summed E-state index contributed by atoms with van der Waals surface area (Å²) in [6, 6.07) is 8.34. The first kappa shape index (κ1) is 19.9. The van der Waals surface area contributed by atoms with Crippen LogP contribution in [0.4, 0.5) is 4.39 Å². The van der Waals surface area contributed by atoms with Gasteiger partial charge in [0.15, 0.2) is 0 Å². The molecule has 29 heavy (non-hydrogen) atoms. The van der Waals surface area contributed by atoms with E-state index in [0.29, 0.717) is 36.0 Å². The third-order valence-electron chi connectivity index (χ3n) is 5.41. The average molecular weight is 416 g/mol. The predicted molar refractivity (Wildman–Crippen MR) is 112 cm³/mol. The molecule has 6 heteroatoms. The standard InChI is InChI=1S/C23H23ClFNO3/c1-3-4-6-15-10-21(27)29-23-14(2)22-16(9-17(15)23)11-26(13-28-22)12-18-19(24)7-5-8-20(18)25/h5,7-10H,3-4,6,11-13H2,1-2H3. The number of fused-ring (bicyclic) bond motifs is 2. The highest BCUT2D eigenvalue weighted by Crippen LogP contribution is 2.36. The molecule has 0 amide bonds. The topological polar surface area (TPSA) is 42.7 Å². The molecule has 3 aromatic rings. The SMILES string of the molecule is CCCCc1cc(=O)oc2c(C)c3c(cc12)CN(Cc1c(F)cccc1Cl)CO3. The lowest BCUT2D eigenvalue weighted by molar-refractivity contribution is 0.0871. The summed E-state index contributed by atoms with van der Waals surface area (Å²) < 4.78 is 25.7. The van der Waals surface area contributed by atoms with E-state index in [2.05, 4.69) is 6.92 Å². The van der Waals surface area contributed by atoms with Gasteiger partial charge in [0.2, 0.25) is 0 Å². The van der Waals surface area contributed by atoms with E-state index in [1.54, 1.807) is 18.2 Å². The van der Waals surface area contributed by atoms with E-state index >= 15 is 0 Å². The van der Waals surface area contributed by atoms with Gasteiger partial charge in [-0.2, -0.15) is 0 Å². The van der Waals surface area contributed by atoms with Crippen LogP contribution in [-0.4, -0.2) is 11.6 Å². The van der Waals surface area contributed by atoms with Crippen molar-refractivity contribution in [2.45, 2.75) is 46.2 Å². The van der Waals surface area contributed by atoms with Gasteiger partial charge in [0, 0.05) is 46.3 Å². The maximum Gasteiger partial charge on any atom is 0.336 e. The van der Waals surface area contributed by atoms with Crippen molar-refractivity contribution in [2.24, 2.45) is 0 Å². The molecule has 4 nitrogen and oxygen atoms in total. The lowest BCUT2D eigenvalue weighted by atomic mass is 9.98. The molecule has 0 saturated heterocycles. The highest BCUT2D eigenvalue weighted by atomic mass is 35.5. The highest BCUT2D eigenvalue weighted by molar-refractivity contribution is 6.31. The van der Waals surface area contributed by atoms with Crippen LogP contribution in [0.1, 0.15) is 42.0 Å². The molecule has 2 heterocycles. The second-order valence-corrected chi connectivity index (χ2v) is 7.93. The molecule has 0 radical (unpaired) electrons. The number of aryl methyl sites for hydroxylation is 2. The van der Waals surface area contributed by atoms with Gasteiger partial charge in [-0.3, -0.25) is 4.90 Å². The molecular weight excluding hydrogens is 393 g/mol. The molecule has 0 aliphatic carbocycles. The number of halogens is 2. The largest absolute Gasteiger partial charge is 0.477 e. The van der Waals surface area contributed by atoms with Crippen LogP contribution in [0.5, 0.6) is 5.75 Å². The minimum atomic E-state index is -0.335. The van der Waals surface area contributed by atoms with Crippen LogP contribution in [0, 0.1) is 12.7 Å². The third kappa shape index (κ3) is 3.89. The molecule has 0 unspecified atom stereocenters. The molecule has 1 aliphatic heterocycles. The smallest absolute Gasteiger partial charge is 0.336 e. The van der Waals surface area contributed by atoms with Crippen molar-refractivity contribution in [3.63, 3.8) is 0 Å². The van der Waals surface area contributed by atoms with Crippen molar-refractivity contribution < 1.29 is 13.5 Å². The van der Waals surface area contributed by atoms with Crippen molar-refractivity contribution in [3.05, 3.63) is 73.8 Å². The quantitative estimate of drug-likeness (QED) is 0.509. The van der Waals surface area contributed by atoms with Gasteiger partial charge < -0.3 is 9.15 Å². The Kier molecular flexibility index (Phi) is 5.61. The summed E-state index contributed by atoms with van der Waals surface area (Å²) in [7, 11) is 0. The van der Waals surface area contributed by atoms with E-state index in [1.807, 2.05) is 17.9 Å². The molecule has 2 aromatic carbocycles. The molecule has 0 atom stereocenters. The lowest BCUT2D eigenvalue weighted by Crippen LogP contribution is -2.32. The first-order valence-corrected chi connectivity index (χ1v) is 10.2. The molecule has 152 valence electrons. The fourth-order valence-corrected chi connectivity index (χ4v) is 4.14. The second-order valence-electron chi connectivity index (χ2n) is 7.52. The summed E-state index contributed by atoms with van der Waals surface area (Å²) in [5.74, 6) is 0.422. The minimum absolute atomic E-state index is 0.309. The molecule has 1 aromatic heterocycles. The monoisotopic (exact) mass is 415 g/mol. The van der Waals surface area contributed by atoms with Crippen molar-refractivity contribution in [1.29, 1.82) is 0 Å². The van der Waals surface area contributed by atoms with Gasteiger partial charge in [0.25, 0.3) is 0 Å². The van der Waals surface area contributed by atoms with Gasteiger partial charge in [-0.05, 0) is 43.5 Å². The molecule has 4 rings (SSSR count). The van der Waals surface area contributed by atoms with E-state index in [-0.39, 0.29) is 11.4 Å². The summed E-state index contributed by atoms with van der Waals surface area (Å²) in [6.45, 7) is 5.30. The van der Waals surface area contributed by atoms with Crippen molar-refractivity contribution in [3.8, 4) is 5.75 Å². The van der Waals surface area contributed by atoms with Crippen LogP contribution < -0.4 is 10.4 Å². The third-order valence-corrected chi connectivity index (χ3v) is 5.76. The fourth-order valence-electron chi connectivity index (χ4n) is 3.91. The highest BCUT2D eigenvalue weighted by Gasteiger charge is 2.24. The Morgan fingerprint density at radius 3 is 2.86 bits per heavy atom. The molecule has 0 N–H and O–H groups in total. The summed E-state index contributed by atoms with van der Waals surface area (Å²) in [5, 5.41) is 1.36. The van der Waals surface area contributed by atoms with Crippen molar-refractivity contribution >= 4 is 22.6 Å². The average Bonchev–Trinajstić information content (AvgIpc) is 2.70. The number of hydrogen-bond acceptors (Lipinski definition) is 4. The minimum Gasteiger partial charge on any atom is -0.477 e. The van der Waals surface area contributed by atoms with Gasteiger partial charge in [0.1, 0.15) is 23.9 Å². The maximum absolute atomic E-state index is 14.2. The van der Waals surface area contributed by atoms with Crippen LogP contribution in [-0.2, 0) is 19.5 Å². The number of benzene rings is 2. The van der Waals surface area contributed by atoms with Gasteiger partial charge in [-0.25, -0.2) is 9.18 Å². The Hall–Kier alpha value is -2.37. The van der Waals surface area contributed by atoms with Crippen LogP contribution in [0.3, 0.4) is 0 Å². The van der Waals surface area contributed by atoms with Crippen molar-refractivity contribution in [1.82, 2.24) is 4.90 Å². The van der Waals surface area contributed by atoms with Gasteiger partial charge in [-0.1, -0.05) is 31.0 Å². The van der Waals surface area contributed by atoms with Crippen LogP contribution >= 0.6 is 11.6 Å². The number of ether oxygens (including phenoxy) is 1. The molecule has 0 saturated carbocycles. The lowest BCUT2D eigenvalue weighted by Gasteiger charge is -2.30. The fraction of sp³-hybridized carbons (Fsp3) is 0.348. The molecular formula is C23H23ClFNO3. The molecule has 0 spiro atoms. The van der Waals surface area contributed by atoms with E-state index in [0.717, 1.165) is 47.1 Å². The van der Waals surface area contributed by atoms with Crippen molar-refractivity contribution in [2.75, 3.05) is 6.73 Å². The zero-order valence-electron chi connectivity index (χ0n) is 16.6. The molecule has 0 bridgehead atoms. The first-order chi connectivity index (χ1) is 14.0. The van der Waals surface area contributed by atoms with E-state index in [1.165, 1.54) is 6.07 Å². The normalized spacial score (nSPS) is 14.1. The Balaban J connectivity index is 1.71. The van der Waals surface area contributed by atoms with E-state index in [4.69, 9.17) is 20.8 Å². The van der Waals surface area contributed by atoms with E-state index in [9.17, 15) is 9.18 Å². The van der Waals surface area contributed by atoms with Gasteiger partial charge in [0.05, 0.1) is 0 Å². The number of unbranched alkanes of at least 4 members (excludes halogenated alkanes) is 1. The van der Waals surface area contributed by atoms with E-state index < -0.39 is 0 Å². The molecule has 1 aliphatic rings. The first-order valence-electron chi connectivity index (χ1n) is 9.85. The second kappa shape index (κ2) is 8.17. The molecule has 0 fully saturated rings.